The Hall–Kier alpha value is -4.38. The zero-order chi connectivity index (χ0) is 31.6. The maximum absolute atomic E-state index is 4.64. The number of rotatable bonds is 13. The minimum atomic E-state index is 0.869. The summed E-state index contributed by atoms with van der Waals surface area (Å²) in [4.78, 5) is 14.3. The molecule has 0 radical (unpaired) electrons. The van der Waals surface area contributed by atoms with Crippen molar-refractivity contribution in [3.63, 3.8) is 0 Å². The average molecular weight is 637 g/mol. The number of unbranched alkanes of at least 4 members (excludes halogenated alkanes) is 2. The molecule has 0 unspecified atom stereocenters. The van der Waals surface area contributed by atoms with E-state index in [9.17, 15) is 0 Å². The van der Waals surface area contributed by atoms with E-state index in [0.717, 1.165) is 35.4 Å². The van der Waals surface area contributed by atoms with Gasteiger partial charge in [0.15, 0.2) is 0 Å². The molecule has 46 heavy (non-hydrogen) atoms. The van der Waals surface area contributed by atoms with Gasteiger partial charge in [0.2, 0.25) is 0 Å². The Morgan fingerprint density at radius 1 is 0.500 bits per heavy atom. The van der Waals surface area contributed by atoms with Crippen molar-refractivity contribution in [2.45, 2.75) is 52.4 Å². The lowest BCUT2D eigenvalue weighted by molar-refractivity contribution is 0.795. The van der Waals surface area contributed by atoms with Crippen molar-refractivity contribution < 1.29 is 0 Å². The lowest BCUT2D eigenvalue weighted by Crippen LogP contribution is -1.88. The maximum Gasteiger partial charge on any atom is 0.0892 e. The second-order valence-corrected chi connectivity index (χ2v) is 13.9. The molecule has 4 aromatic heterocycles. The van der Waals surface area contributed by atoms with Crippen LogP contribution in [0.2, 0.25) is 0 Å². The molecule has 2 nitrogen and oxygen atoms in total. The highest BCUT2D eigenvalue weighted by molar-refractivity contribution is 7.16. The fourth-order valence-electron chi connectivity index (χ4n) is 5.37. The molecule has 2 aromatic carbocycles. The predicted molar refractivity (Wildman–Crippen MR) is 202 cm³/mol. The zero-order valence-electron chi connectivity index (χ0n) is 26.7. The van der Waals surface area contributed by atoms with E-state index in [2.05, 4.69) is 133 Å². The molecule has 0 aliphatic carbocycles. The number of aryl methyl sites for hydroxylation is 2. The summed E-state index contributed by atoms with van der Waals surface area (Å²) in [7, 11) is 0. The van der Waals surface area contributed by atoms with Crippen molar-refractivity contribution in [2.75, 3.05) is 0 Å². The lowest BCUT2D eigenvalue weighted by Gasteiger charge is -2.03. The molecule has 0 fully saturated rings. The van der Waals surface area contributed by atoms with Gasteiger partial charge in [0, 0.05) is 31.9 Å². The zero-order valence-corrected chi connectivity index (χ0v) is 28.3. The van der Waals surface area contributed by atoms with E-state index in [4.69, 9.17) is 0 Å². The van der Waals surface area contributed by atoms with Gasteiger partial charge in [0.05, 0.1) is 11.4 Å². The molecule has 0 atom stereocenters. The molecule has 0 spiro atoms. The molecule has 0 saturated carbocycles. The fraction of sp³-hybridized carbons (Fsp3) is 0.190. The van der Waals surface area contributed by atoms with E-state index in [0.29, 0.717) is 0 Å². The van der Waals surface area contributed by atoms with Gasteiger partial charge in [-0.3, -0.25) is 9.97 Å². The van der Waals surface area contributed by atoms with Gasteiger partial charge in [-0.1, -0.05) is 87.4 Å². The van der Waals surface area contributed by atoms with Crippen LogP contribution in [-0.2, 0) is 12.8 Å². The molecule has 0 N–H and O–H groups in total. The second-order valence-electron chi connectivity index (χ2n) is 11.6. The molecular formula is C42H40N2S2. The summed E-state index contributed by atoms with van der Waals surface area (Å²) in [5, 5.41) is 0. The first-order valence-corrected chi connectivity index (χ1v) is 18.0. The van der Waals surface area contributed by atoms with Crippen molar-refractivity contribution in [2.24, 2.45) is 0 Å². The number of hydrogen-bond acceptors (Lipinski definition) is 4. The summed E-state index contributed by atoms with van der Waals surface area (Å²) in [6.45, 7) is 4.48. The van der Waals surface area contributed by atoms with Crippen LogP contribution >= 0.6 is 22.7 Å². The van der Waals surface area contributed by atoms with Gasteiger partial charge in [0.1, 0.15) is 0 Å². The first-order chi connectivity index (χ1) is 22.7. The van der Waals surface area contributed by atoms with Gasteiger partial charge >= 0.3 is 0 Å². The Kier molecular flexibility index (Phi) is 10.8. The average Bonchev–Trinajstić information content (AvgIpc) is 3.79. The van der Waals surface area contributed by atoms with Crippen molar-refractivity contribution in [1.82, 2.24) is 9.97 Å². The van der Waals surface area contributed by atoms with Crippen molar-refractivity contribution >= 4 is 47.0 Å². The van der Waals surface area contributed by atoms with Crippen LogP contribution < -0.4 is 0 Å². The highest BCUT2D eigenvalue weighted by atomic mass is 32.1. The molecule has 230 valence electrons. The van der Waals surface area contributed by atoms with Gasteiger partial charge in [0.25, 0.3) is 0 Å². The molecule has 0 aliphatic heterocycles. The van der Waals surface area contributed by atoms with Crippen LogP contribution in [0.15, 0.2) is 109 Å². The molecule has 6 rings (SSSR count). The third kappa shape index (κ3) is 8.45. The summed E-state index contributed by atoms with van der Waals surface area (Å²) in [6, 6.07) is 35.2. The largest absolute Gasteiger partial charge is 0.255 e. The van der Waals surface area contributed by atoms with Gasteiger partial charge in [-0.25, -0.2) is 0 Å². The van der Waals surface area contributed by atoms with Gasteiger partial charge < -0.3 is 0 Å². The van der Waals surface area contributed by atoms with E-state index in [-0.39, 0.29) is 0 Å². The third-order valence-electron chi connectivity index (χ3n) is 8.08. The topological polar surface area (TPSA) is 25.8 Å². The molecule has 0 bridgehead atoms. The summed E-state index contributed by atoms with van der Waals surface area (Å²) in [5.74, 6) is 0. The van der Waals surface area contributed by atoms with Crippen LogP contribution in [0.3, 0.4) is 0 Å². The monoisotopic (exact) mass is 636 g/mol. The van der Waals surface area contributed by atoms with Gasteiger partial charge in [-0.15, -0.1) is 22.7 Å². The van der Waals surface area contributed by atoms with E-state index in [1.807, 2.05) is 47.2 Å². The Morgan fingerprint density at radius 2 is 0.935 bits per heavy atom. The summed E-state index contributed by atoms with van der Waals surface area (Å²) < 4.78 is 0. The molecule has 4 heterocycles. The Labute approximate surface area is 281 Å². The minimum Gasteiger partial charge on any atom is -0.255 e. The van der Waals surface area contributed by atoms with Crippen LogP contribution in [-0.4, -0.2) is 9.97 Å². The number of thiophene rings is 2. The van der Waals surface area contributed by atoms with E-state index in [1.54, 1.807) is 0 Å². The van der Waals surface area contributed by atoms with Crippen LogP contribution in [0, 0.1) is 0 Å². The quantitative estimate of drug-likeness (QED) is 0.126. The van der Waals surface area contributed by atoms with Crippen molar-refractivity contribution in [3.8, 4) is 32.3 Å². The highest BCUT2D eigenvalue weighted by Gasteiger charge is 2.06. The van der Waals surface area contributed by atoms with Crippen LogP contribution in [0.25, 0.3) is 56.6 Å². The van der Waals surface area contributed by atoms with Crippen LogP contribution in [0.1, 0.15) is 71.5 Å². The number of benzene rings is 2. The summed E-state index contributed by atoms with van der Waals surface area (Å²) >= 11 is 3.63. The van der Waals surface area contributed by atoms with Gasteiger partial charge in [-0.2, -0.15) is 0 Å². The number of nitrogens with zero attached hydrogens (tertiary/aromatic N) is 2. The predicted octanol–water partition coefficient (Wildman–Crippen LogP) is 12.6. The van der Waals surface area contributed by atoms with Crippen molar-refractivity contribution in [1.29, 1.82) is 0 Å². The second kappa shape index (κ2) is 15.8. The molecule has 0 amide bonds. The Balaban J connectivity index is 1.10. The van der Waals surface area contributed by atoms with E-state index in [1.165, 1.54) is 67.4 Å². The number of hydrogen-bond donors (Lipinski definition) is 0. The SMILES string of the molecule is CCCCc1ccc(-c2ccc(C=Cc3ccnc(-c4cc(C=Cc5ccc(-c6ccc(CCCC)cc6)s5)ccn4)c3)s2)cc1. The highest BCUT2D eigenvalue weighted by Crippen LogP contribution is 2.31. The Bertz CT molecular complexity index is 1760. The summed E-state index contributed by atoms with van der Waals surface area (Å²) in [6.07, 6.45) is 19.7. The fourth-order valence-corrected chi connectivity index (χ4v) is 7.20. The molecular weight excluding hydrogens is 597 g/mol. The van der Waals surface area contributed by atoms with E-state index < -0.39 is 0 Å². The first kappa shape index (κ1) is 31.6. The normalized spacial score (nSPS) is 11.6. The van der Waals surface area contributed by atoms with E-state index >= 15 is 0 Å². The molecule has 0 saturated heterocycles. The first-order valence-electron chi connectivity index (χ1n) is 16.3. The Morgan fingerprint density at radius 3 is 1.35 bits per heavy atom. The molecule has 0 aliphatic rings. The minimum absolute atomic E-state index is 0.869. The standard InChI is InChI=1S/C42H40N2S2/c1-3-5-7-31-9-15-35(16-10-31)41-23-21-37(45-41)19-13-33-25-27-43-39(29-33)40-30-34(26-28-44-40)14-20-38-22-24-42(46-38)36-17-11-32(12-18-36)8-6-4-2/h9-30H,3-8H2,1-2H3. The van der Waals surface area contributed by atoms with Crippen LogP contribution in [0.4, 0.5) is 0 Å². The lowest BCUT2D eigenvalue weighted by atomic mass is 10.1. The van der Waals surface area contributed by atoms with Gasteiger partial charge in [-0.05, 0) is 120 Å². The molecule has 4 heteroatoms. The summed E-state index contributed by atoms with van der Waals surface area (Å²) in [5.41, 5.74) is 9.35. The smallest absolute Gasteiger partial charge is 0.0892 e. The maximum atomic E-state index is 4.64. The third-order valence-corrected chi connectivity index (χ3v) is 10.3. The number of pyridine rings is 2. The number of aromatic nitrogens is 2. The van der Waals surface area contributed by atoms with Crippen molar-refractivity contribution in [3.05, 3.63) is 141 Å². The van der Waals surface area contributed by atoms with Crippen LogP contribution in [0.5, 0.6) is 0 Å². The molecule has 6 aromatic rings.